The lowest BCUT2D eigenvalue weighted by Gasteiger charge is -2.28. The maximum Gasteiger partial charge on any atom is 0.252 e. The highest BCUT2D eigenvalue weighted by Gasteiger charge is 2.32. The standard InChI is InChI=1S/C23H31N3O2.2ClH/c1-25(17-19-8-4-2-5-9-19)14-15-26(18-20-10-6-3-7-11-20)23(27)22-13-12-21(16-24)28-22;;/h2-11,21-22H,12-18,24H2,1H3;2*1H/t21-,22+;;/m1../s1. The Morgan fingerprint density at radius 2 is 1.50 bits per heavy atom. The Hall–Kier alpha value is -1.63. The van der Waals surface area contributed by atoms with E-state index in [1.54, 1.807) is 0 Å². The van der Waals surface area contributed by atoms with Gasteiger partial charge in [-0.2, -0.15) is 0 Å². The van der Waals surface area contributed by atoms with Crippen molar-refractivity contribution >= 4 is 30.7 Å². The van der Waals surface area contributed by atoms with Crippen molar-refractivity contribution in [3.63, 3.8) is 0 Å². The summed E-state index contributed by atoms with van der Waals surface area (Å²) in [5.41, 5.74) is 8.12. The van der Waals surface area contributed by atoms with Gasteiger partial charge in [-0.15, -0.1) is 24.8 Å². The van der Waals surface area contributed by atoms with Crippen LogP contribution in [0.2, 0.25) is 0 Å². The first kappa shape index (κ1) is 26.4. The van der Waals surface area contributed by atoms with Crippen LogP contribution >= 0.6 is 24.8 Å². The SMILES string of the molecule is CN(CCN(Cc1ccccc1)C(=O)[C@@H]1CC[C@H](CN)O1)Cc1ccccc1.Cl.Cl. The van der Waals surface area contributed by atoms with Crippen molar-refractivity contribution < 1.29 is 9.53 Å². The number of hydrogen-bond acceptors (Lipinski definition) is 4. The summed E-state index contributed by atoms with van der Waals surface area (Å²) >= 11 is 0. The van der Waals surface area contributed by atoms with Crippen LogP contribution in [0.15, 0.2) is 60.7 Å². The van der Waals surface area contributed by atoms with E-state index < -0.39 is 0 Å². The Balaban J connectivity index is 0.00000225. The second-order valence-corrected chi connectivity index (χ2v) is 7.53. The van der Waals surface area contributed by atoms with Gasteiger partial charge in [-0.1, -0.05) is 60.7 Å². The van der Waals surface area contributed by atoms with E-state index in [-0.39, 0.29) is 42.9 Å². The van der Waals surface area contributed by atoms with Gasteiger partial charge in [-0.05, 0) is 31.0 Å². The number of nitrogens with two attached hydrogens (primary N) is 1. The fraction of sp³-hybridized carbons (Fsp3) is 0.435. The zero-order valence-corrected chi connectivity index (χ0v) is 19.1. The first-order valence-electron chi connectivity index (χ1n) is 10.1. The number of hydrogen-bond donors (Lipinski definition) is 1. The highest BCUT2D eigenvalue weighted by molar-refractivity contribution is 5.85. The molecular formula is C23H33Cl2N3O2. The molecule has 1 saturated heterocycles. The van der Waals surface area contributed by atoms with E-state index in [1.807, 2.05) is 29.2 Å². The molecule has 2 N–H and O–H groups in total. The molecule has 1 heterocycles. The first-order chi connectivity index (χ1) is 13.7. The van der Waals surface area contributed by atoms with Gasteiger partial charge in [-0.3, -0.25) is 4.79 Å². The zero-order valence-electron chi connectivity index (χ0n) is 17.5. The van der Waals surface area contributed by atoms with Crippen LogP contribution in [0.25, 0.3) is 0 Å². The summed E-state index contributed by atoms with van der Waals surface area (Å²) < 4.78 is 5.86. The molecule has 0 aromatic heterocycles. The number of likely N-dealkylation sites (N-methyl/N-ethyl adjacent to an activating group) is 1. The van der Waals surface area contributed by atoms with E-state index in [2.05, 4.69) is 48.3 Å². The summed E-state index contributed by atoms with van der Waals surface area (Å²) in [5, 5.41) is 0. The molecule has 1 aliphatic rings. The lowest BCUT2D eigenvalue weighted by atomic mass is 10.1. The molecule has 7 heteroatoms. The Morgan fingerprint density at radius 1 is 0.933 bits per heavy atom. The molecular weight excluding hydrogens is 421 g/mol. The Morgan fingerprint density at radius 3 is 2.03 bits per heavy atom. The molecule has 166 valence electrons. The van der Waals surface area contributed by atoms with Gasteiger partial charge in [0.1, 0.15) is 6.10 Å². The number of amides is 1. The van der Waals surface area contributed by atoms with Crippen molar-refractivity contribution in [2.24, 2.45) is 5.73 Å². The largest absolute Gasteiger partial charge is 0.364 e. The Bertz CT molecular complexity index is 734. The van der Waals surface area contributed by atoms with Crippen LogP contribution < -0.4 is 5.73 Å². The van der Waals surface area contributed by atoms with Crippen molar-refractivity contribution in [1.29, 1.82) is 0 Å². The maximum atomic E-state index is 13.1. The van der Waals surface area contributed by atoms with E-state index in [9.17, 15) is 4.79 Å². The lowest BCUT2D eigenvalue weighted by Crippen LogP contribution is -2.42. The predicted octanol–water partition coefficient (Wildman–Crippen LogP) is 3.50. The van der Waals surface area contributed by atoms with Crippen molar-refractivity contribution in [1.82, 2.24) is 9.80 Å². The smallest absolute Gasteiger partial charge is 0.252 e. The van der Waals surface area contributed by atoms with Crippen LogP contribution in [-0.2, 0) is 22.6 Å². The lowest BCUT2D eigenvalue weighted by molar-refractivity contribution is -0.143. The number of carbonyl (C=O) groups is 1. The fourth-order valence-electron chi connectivity index (χ4n) is 3.60. The number of carbonyl (C=O) groups excluding carboxylic acids is 1. The maximum absolute atomic E-state index is 13.1. The van der Waals surface area contributed by atoms with E-state index in [4.69, 9.17) is 10.5 Å². The van der Waals surface area contributed by atoms with Crippen molar-refractivity contribution in [2.45, 2.75) is 38.1 Å². The summed E-state index contributed by atoms with van der Waals surface area (Å²) in [5.74, 6) is 0.0768. The van der Waals surface area contributed by atoms with E-state index in [0.717, 1.165) is 31.5 Å². The molecule has 1 aliphatic heterocycles. The average molecular weight is 454 g/mol. The highest BCUT2D eigenvalue weighted by atomic mass is 35.5. The quantitative estimate of drug-likeness (QED) is 0.630. The topological polar surface area (TPSA) is 58.8 Å². The molecule has 0 saturated carbocycles. The average Bonchev–Trinajstić information content (AvgIpc) is 3.21. The minimum atomic E-state index is -0.364. The minimum absolute atomic E-state index is 0. The number of ether oxygens (including phenoxy) is 1. The molecule has 3 rings (SSSR count). The second kappa shape index (κ2) is 13.6. The van der Waals surface area contributed by atoms with Crippen LogP contribution in [-0.4, -0.2) is 54.6 Å². The van der Waals surface area contributed by atoms with Crippen LogP contribution in [0, 0.1) is 0 Å². The molecule has 2 aromatic carbocycles. The van der Waals surface area contributed by atoms with Crippen molar-refractivity contribution in [3.8, 4) is 0 Å². The van der Waals surface area contributed by atoms with Crippen LogP contribution in [0.1, 0.15) is 24.0 Å². The molecule has 1 amide bonds. The minimum Gasteiger partial charge on any atom is -0.364 e. The summed E-state index contributed by atoms with van der Waals surface area (Å²) in [6.07, 6.45) is 1.26. The number of rotatable bonds is 9. The number of halogens is 2. The van der Waals surface area contributed by atoms with Gasteiger partial charge < -0.3 is 20.3 Å². The van der Waals surface area contributed by atoms with E-state index in [0.29, 0.717) is 19.6 Å². The van der Waals surface area contributed by atoms with Gasteiger partial charge in [0.2, 0.25) is 0 Å². The Kier molecular flexibility index (Phi) is 12.0. The highest BCUT2D eigenvalue weighted by Crippen LogP contribution is 2.21. The summed E-state index contributed by atoms with van der Waals surface area (Å²) in [6.45, 7) is 3.42. The number of nitrogens with zero attached hydrogens (tertiary/aromatic N) is 2. The Labute approximate surface area is 192 Å². The van der Waals surface area contributed by atoms with Gasteiger partial charge in [0.05, 0.1) is 6.10 Å². The van der Waals surface area contributed by atoms with Crippen molar-refractivity contribution in [3.05, 3.63) is 71.8 Å². The molecule has 0 spiro atoms. The third-order valence-electron chi connectivity index (χ3n) is 5.22. The molecule has 0 aliphatic carbocycles. The van der Waals surface area contributed by atoms with Gasteiger partial charge >= 0.3 is 0 Å². The van der Waals surface area contributed by atoms with Crippen LogP contribution in [0.5, 0.6) is 0 Å². The van der Waals surface area contributed by atoms with Gasteiger partial charge in [0.25, 0.3) is 5.91 Å². The summed E-state index contributed by atoms with van der Waals surface area (Å²) in [7, 11) is 2.09. The van der Waals surface area contributed by atoms with Gasteiger partial charge in [-0.25, -0.2) is 0 Å². The molecule has 0 bridgehead atoms. The normalized spacial score (nSPS) is 17.8. The summed E-state index contributed by atoms with van der Waals surface area (Å²) in [4.78, 5) is 17.3. The predicted molar refractivity (Wildman–Crippen MR) is 126 cm³/mol. The van der Waals surface area contributed by atoms with E-state index >= 15 is 0 Å². The summed E-state index contributed by atoms with van der Waals surface area (Å²) in [6, 6.07) is 20.5. The van der Waals surface area contributed by atoms with E-state index in [1.165, 1.54) is 5.56 Å². The third kappa shape index (κ3) is 7.89. The van der Waals surface area contributed by atoms with Crippen molar-refractivity contribution in [2.75, 3.05) is 26.7 Å². The fourth-order valence-corrected chi connectivity index (χ4v) is 3.60. The molecule has 0 radical (unpaired) electrons. The van der Waals surface area contributed by atoms with Gasteiger partial charge in [0.15, 0.2) is 0 Å². The van der Waals surface area contributed by atoms with Crippen LogP contribution in [0.3, 0.4) is 0 Å². The molecule has 0 unspecified atom stereocenters. The first-order valence-corrected chi connectivity index (χ1v) is 10.1. The molecule has 30 heavy (non-hydrogen) atoms. The molecule has 2 atom stereocenters. The molecule has 2 aromatic rings. The third-order valence-corrected chi connectivity index (χ3v) is 5.22. The zero-order chi connectivity index (χ0) is 19.8. The second-order valence-electron chi connectivity index (χ2n) is 7.53. The van der Waals surface area contributed by atoms with Gasteiger partial charge in [0, 0.05) is 32.7 Å². The molecule has 5 nitrogen and oxygen atoms in total. The van der Waals surface area contributed by atoms with Crippen LogP contribution in [0.4, 0.5) is 0 Å². The number of benzene rings is 2. The molecule has 1 fully saturated rings. The monoisotopic (exact) mass is 453 g/mol.